The molecule has 0 bridgehead atoms. The van der Waals surface area contributed by atoms with E-state index in [1.807, 2.05) is 20.8 Å². The van der Waals surface area contributed by atoms with Crippen LogP contribution in [0.1, 0.15) is 47.1 Å². The SMILES string of the molecule is CCNC(=NCc1ccccc1S(=O)(=O)NC(C)(C)C)N(C)CC(=O)N(CC)CC. The lowest BCUT2D eigenvalue weighted by atomic mass is 10.1. The number of sulfonamides is 1. The minimum Gasteiger partial charge on any atom is -0.357 e. The van der Waals surface area contributed by atoms with E-state index in [4.69, 9.17) is 0 Å². The molecule has 1 aromatic carbocycles. The van der Waals surface area contributed by atoms with Gasteiger partial charge >= 0.3 is 0 Å². The average molecular weight is 440 g/mol. The third-order valence-electron chi connectivity index (χ3n) is 4.29. The van der Waals surface area contributed by atoms with Crippen LogP contribution in [-0.2, 0) is 21.4 Å². The minimum absolute atomic E-state index is 0.0189. The van der Waals surface area contributed by atoms with Crippen LogP contribution >= 0.6 is 0 Å². The van der Waals surface area contributed by atoms with E-state index in [1.54, 1.807) is 61.9 Å². The summed E-state index contributed by atoms with van der Waals surface area (Å²) >= 11 is 0. The van der Waals surface area contributed by atoms with Crippen molar-refractivity contribution in [2.45, 2.75) is 58.5 Å². The molecule has 0 fully saturated rings. The summed E-state index contributed by atoms with van der Waals surface area (Å²) < 4.78 is 28.3. The lowest BCUT2D eigenvalue weighted by molar-refractivity contribution is -0.131. The molecule has 2 N–H and O–H groups in total. The molecule has 1 aromatic rings. The highest BCUT2D eigenvalue weighted by molar-refractivity contribution is 7.89. The normalized spacial score (nSPS) is 12.6. The zero-order valence-electron chi connectivity index (χ0n) is 19.3. The molecular weight excluding hydrogens is 402 g/mol. The van der Waals surface area contributed by atoms with Gasteiger partial charge < -0.3 is 15.1 Å². The van der Waals surface area contributed by atoms with E-state index in [0.29, 0.717) is 31.2 Å². The number of hydrogen-bond acceptors (Lipinski definition) is 4. The molecule has 1 amide bonds. The zero-order chi connectivity index (χ0) is 22.9. The molecule has 0 radical (unpaired) electrons. The Morgan fingerprint density at radius 3 is 2.23 bits per heavy atom. The largest absolute Gasteiger partial charge is 0.357 e. The summed E-state index contributed by atoms with van der Waals surface area (Å²) in [5.41, 5.74) is 0.00271. The first-order chi connectivity index (χ1) is 13.9. The summed E-state index contributed by atoms with van der Waals surface area (Å²) in [6.07, 6.45) is 0. The molecule has 9 heteroatoms. The van der Waals surface area contributed by atoms with Crippen molar-refractivity contribution in [3.05, 3.63) is 29.8 Å². The van der Waals surface area contributed by atoms with Crippen molar-refractivity contribution in [1.82, 2.24) is 19.8 Å². The fraction of sp³-hybridized carbons (Fsp3) is 0.619. The zero-order valence-corrected chi connectivity index (χ0v) is 20.1. The fourth-order valence-corrected chi connectivity index (χ4v) is 4.59. The van der Waals surface area contributed by atoms with E-state index in [9.17, 15) is 13.2 Å². The third kappa shape index (κ3) is 7.95. The van der Waals surface area contributed by atoms with Gasteiger partial charge in [-0.15, -0.1) is 0 Å². The van der Waals surface area contributed by atoms with Crippen LogP contribution in [0.3, 0.4) is 0 Å². The number of amides is 1. The van der Waals surface area contributed by atoms with Gasteiger partial charge in [0.1, 0.15) is 0 Å². The molecule has 0 saturated carbocycles. The molecule has 0 aromatic heterocycles. The van der Waals surface area contributed by atoms with Crippen molar-refractivity contribution < 1.29 is 13.2 Å². The Hall–Kier alpha value is -2.13. The number of benzene rings is 1. The van der Waals surface area contributed by atoms with Gasteiger partial charge in [-0.1, -0.05) is 18.2 Å². The van der Waals surface area contributed by atoms with Gasteiger partial charge in [0.15, 0.2) is 5.96 Å². The number of aliphatic imine (C=N–C) groups is 1. The summed E-state index contributed by atoms with van der Waals surface area (Å²) in [5, 5.41) is 3.17. The molecule has 0 aliphatic rings. The van der Waals surface area contributed by atoms with Gasteiger partial charge in [-0.2, -0.15) is 0 Å². The second kappa shape index (κ2) is 11.3. The Morgan fingerprint density at radius 1 is 1.10 bits per heavy atom. The number of nitrogens with one attached hydrogen (secondary N) is 2. The molecule has 0 heterocycles. The summed E-state index contributed by atoms with van der Waals surface area (Å²) in [6.45, 7) is 13.6. The van der Waals surface area contributed by atoms with Gasteiger partial charge in [-0.25, -0.2) is 18.1 Å². The van der Waals surface area contributed by atoms with Gasteiger partial charge in [0.05, 0.1) is 18.0 Å². The van der Waals surface area contributed by atoms with E-state index >= 15 is 0 Å². The van der Waals surface area contributed by atoms with Crippen molar-refractivity contribution >= 4 is 21.9 Å². The monoisotopic (exact) mass is 439 g/mol. The Morgan fingerprint density at radius 2 is 1.70 bits per heavy atom. The van der Waals surface area contributed by atoms with Crippen LogP contribution in [0.25, 0.3) is 0 Å². The fourth-order valence-electron chi connectivity index (χ4n) is 2.94. The predicted octanol–water partition coefficient (Wildman–Crippen LogP) is 2.03. The summed E-state index contributed by atoms with van der Waals surface area (Å²) in [5.74, 6) is 0.569. The number of likely N-dealkylation sites (N-methyl/N-ethyl adjacent to an activating group) is 2. The number of rotatable bonds is 9. The third-order valence-corrected chi connectivity index (χ3v) is 6.15. The number of nitrogens with zero attached hydrogens (tertiary/aromatic N) is 3. The number of carbonyl (C=O) groups excluding carboxylic acids is 1. The lowest BCUT2D eigenvalue weighted by Crippen LogP contribution is -2.45. The van der Waals surface area contributed by atoms with E-state index in [0.717, 1.165) is 0 Å². The smallest absolute Gasteiger partial charge is 0.242 e. The Bertz CT molecular complexity index is 827. The highest BCUT2D eigenvalue weighted by Gasteiger charge is 2.24. The summed E-state index contributed by atoms with van der Waals surface area (Å²) in [7, 11) is -1.88. The van der Waals surface area contributed by atoms with Crippen molar-refractivity contribution in [2.75, 3.05) is 33.2 Å². The average Bonchev–Trinajstić information content (AvgIpc) is 2.64. The van der Waals surface area contributed by atoms with Gasteiger partial charge in [0.25, 0.3) is 0 Å². The first kappa shape index (κ1) is 25.9. The minimum atomic E-state index is -3.68. The number of hydrogen-bond donors (Lipinski definition) is 2. The van der Waals surface area contributed by atoms with Crippen LogP contribution in [-0.4, -0.2) is 68.8 Å². The van der Waals surface area contributed by atoms with Crippen LogP contribution in [0.4, 0.5) is 0 Å². The van der Waals surface area contributed by atoms with Crippen molar-refractivity contribution in [1.29, 1.82) is 0 Å². The molecule has 0 atom stereocenters. The molecule has 1 rings (SSSR count). The standard InChI is InChI=1S/C21H37N5O3S/c1-8-22-20(25(7)16-19(27)26(9-2)10-3)23-15-17-13-11-12-14-18(17)30(28,29)24-21(4,5)6/h11-14,24H,8-10,15-16H2,1-7H3,(H,22,23). The number of guanidine groups is 1. The quantitative estimate of drug-likeness (QED) is 0.454. The van der Waals surface area contributed by atoms with Crippen LogP contribution in [0.5, 0.6) is 0 Å². The Labute approximate surface area is 181 Å². The Kier molecular flexibility index (Phi) is 9.77. The molecule has 0 aliphatic carbocycles. The van der Waals surface area contributed by atoms with Crippen molar-refractivity contribution in [3.63, 3.8) is 0 Å². The molecule has 0 aliphatic heterocycles. The van der Waals surface area contributed by atoms with Crippen LogP contribution in [0, 0.1) is 0 Å². The molecule has 0 unspecified atom stereocenters. The van der Waals surface area contributed by atoms with E-state index in [-0.39, 0.29) is 23.9 Å². The highest BCUT2D eigenvalue weighted by Crippen LogP contribution is 2.18. The maximum Gasteiger partial charge on any atom is 0.242 e. The molecule has 8 nitrogen and oxygen atoms in total. The maximum atomic E-state index is 12.8. The first-order valence-electron chi connectivity index (χ1n) is 10.3. The molecule has 170 valence electrons. The topological polar surface area (TPSA) is 94.1 Å². The summed E-state index contributed by atoms with van der Waals surface area (Å²) in [4.78, 5) is 20.8. The second-order valence-electron chi connectivity index (χ2n) is 8.06. The van der Waals surface area contributed by atoms with Gasteiger partial charge in [-0.3, -0.25) is 4.79 Å². The lowest BCUT2D eigenvalue weighted by Gasteiger charge is -2.25. The van der Waals surface area contributed by atoms with E-state index < -0.39 is 15.6 Å². The molecule has 30 heavy (non-hydrogen) atoms. The maximum absolute atomic E-state index is 12.8. The van der Waals surface area contributed by atoms with Crippen molar-refractivity contribution in [2.24, 2.45) is 4.99 Å². The van der Waals surface area contributed by atoms with Crippen LogP contribution < -0.4 is 10.0 Å². The van der Waals surface area contributed by atoms with Crippen LogP contribution in [0.2, 0.25) is 0 Å². The van der Waals surface area contributed by atoms with Crippen LogP contribution in [0.15, 0.2) is 34.2 Å². The predicted molar refractivity (Wildman–Crippen MR) is 122 cm³/mol. The van der Waals surface area contributed by atoms with Gasteiger partial charge in [0.2, 0.25) is 15.9 Å². The second-order valence-corrected chi connectivity index (χ2v) is 9.71. The van der Waals surface area contributed by atoms with Gasteiger partial charge in [0, 0.05) is 32.2 Å². The van der Waals surface area contributed by atoms with E-state index in [2.05, 4.69) is 15.0 Å². The molecule has 0 spiro atoms. The first-order valence-corrected chi connectivity index (χ1v) is 11.8. The summed E-state index contributed by atoms with van der Waals surface area (Å²) in [6, 6.07) is 6.83. The highest BCUT2D eigenvalue weighted by atomic mass is 32.2. The van der Waals surface area contributed by atoms with Gasteiger partial charge in [-0.05, 0) is 53.2 Å². The molecule has 0 saturated heterocycles. The van der Waals surface area contributed by atoms with Crippen molar-refractivity contribution in [3.8, 4) is 0 Å². The number of carbonyl (C=O) groups is 1. The van der Waals surface area contributed by atoms with E-state index in [1.165, 1.54) is 0 Å². The molecular formula is C21H37N5O3S. The Balaban J connectivity index is 3.11.